The van der Waals surface area contributed by atoms with Crippen LogP contribution >= 0.6 is 11.8 Å². The first-order chi connectivity index (χ1) is 5.43. The summed E-state index contributed by atoms with van der Waals surface area (Å²) in [7, 11) is 0. The van der Waals surface area contributed by atoms with Crippen molar-refractivity contribution in [2.24, 2.45) is 0 Å². The van der Waals surface area contributed by atoms with E-state index in [0.717, 1.165) is 6.42 Å². The molecule has 1 aliphatic rings. The van der Waals surface area contributed by atoms with Gasteiger partial charge in [0.05, 0.1) is 0 Å². The average Bonchev–Trinajstić information content (AvgIpc) is 2.28. The van der Waals surface area contributed by atoms with Gasteiger partial charge in [-0.25, -0.2) is 0 Å². The van der Waals surface area contributed by atoms with Crippen LogP contribution in [0.2, 0.25) is 0 Å². The molecule has 0 radical (unpaired) electrons. The van der Waals surface area contributed by atoms with Gasteiger partial charge in [0.15, 0.2) is 0 Å². The summed E-state index contributed by atoms with van der Waals surface area (Å²) in [5, 5.41) is 0. The molecule has 1 fully saturated rings. The van der Waals surface area contributed by atoms with Gasteiger partial charge in [-0.05, 0) is 25.1 Å². The van der Waals surface area contributed by atoms with E-state index in [4.69, 9.17) is 0 Å². The first-order valence-corrected chi connectivity index (χ1v) is 5.50. The fraction of sp³-hybridized carbons (Fsp3) is 0.778. The van der Waals surface area contributed by atoms with Crippen LogP contribution in [-0.4, -0.2) is 36.0 Å². The van der Waals surface area contributed by atoms with Crippen molar-refractivity contribution in [1.82, 2.24) is 4.90 Å². The number of thioether (sulfide) groups is 1. The van der Waals surface area contributed by atoms with Gasteiger partial charge in [-0.2, -0.15) is 11.8 Å². The SMILES string of the molecule is C=CCCN1CCCSCC1. The second kappa shape index (κ2) is 5.67. The molecule has 0 aromatic rings. The summed E-state index contributed by atoms with van der Waals surface area (Å²) in [6, 6.07) is 0. The molecule has 11 heavy (non-hydrogen) atoms. The van der Waals surface area contributed by atoms with E-state index >= 15 is 0 Å². The Balaban J connectivity index is 2.14. The topological polar surface area (TPSA) is 3.24 Å². The van der Waals surface area contributed by atoms with Gasteiger partial charge in [-0.15, -0.1) is 6.58 Å². The van der Waals surface area contributed by atoms with Gasteiger partial charge in [-0.1, -0.05) is 6.08 Å². The molecule has 0 atom stereocenters. The zero-order valence-corrected chi connectivity index (χ0v) is 7.91. The van der Waals surface area contributed by atoms with Crippen molar-refractivity contribution in [2.75, 3.05) is 31.1 Å². The third kappa shape index (κ3) is 3.82. The fourth-order valence-electron chi connectivity index (χ4n) is 1.30. The molecule has 0 aromatic carbocycles. The molecule has 0 bridgehead atoms. The van der Waals surface area contributed by atoms with Gasteiger partial charge in [0.25, 0.3) is 0 Å². The van der Waals surface area contributed by atoms with Crippen molar-refractivity contribution < 1.29 is 0 Å². The summed E-state index contributed by atoms with van der Waals surface area (Å²) in [5.74, 6) is 2.67. The lowest BCUT2D eigenvalue weighted by molar-refractivity contribution is 0.301. The van der Waals surface area contributed by atoms with Crippen LogP contribution in [0.4, 0.5) is 0 Å². The summed E-state index contributed by atoms with van der Waals surface area (Å²) in [5.41, 5.74) is 0. The normalized spacial score (nSPS) is 21.1. The molecule has 1 aliphatic heterocycles. The van der Waals surface area contributed by atoms with E-state index in [1.54, 1.807) is 0 Å². The number of rotatable bonds is 3. The molecule has 0 aromatic heterocycles. The minimum absolute atomic E-state index is 1.14. The molecular weight excluding hydrogens is 154 g/mol. The largest absolute Gasteiger partial charge is 0.302 e. The Morgan fingerprint density at radius 2 is 2.27 bits per heavy atom. The van der Waals surface area contributed by atoms with Gasteiger partial charge in [0.1, 0.15) is 0 Å². The van der Waals surface area contributed by atoms with E-state index in [9.17, 15) is 0 Å². The maximum absolute atomic E-state index is 3.74. The molecule has 1 saturated heterocycles. The van der Waals surface area contributed by atoms with Crippen LogP contribution in [-0.2, 0) is 0 Å². The van der Waals surface area contributed by atoms with E-state index in [1.807, 2.05) is 6.08 Å². The number of hydrogen-bond acceptors (Lipinski definition) is 2. The molecular formula is C9H17NS. The standard InChI is InChI=1S/C9H17NS/c1-2-3-5-10-6-4-8-11-9-7-10/h2H,1,3-9H2. The Morgan fingerprint density at radius 3 is 3.09 bits per heavy atom. The lowest BCUT2D eigenvalue weighted by atomic mass is 10.3. The first kappa shape index (κ1) is 9.14. The maximum atomic E-state index is 3.74. The van der Waals surface area contributed by atoms with Crippen molar-refractivity contribution in [3.8, 4) is 0 Å². The van der Waals surface area contributed by atoms with Crippen molar-refractivity contribution in [1.29, 1.82) is 0 Å². The quantitative estimate of drug-likeness (QED) is 0.598. The molecule has 0 amide bonds. The number of nitrogens with zero attached hydrogens (tertiary/aromatic N) is 1. The van der Waals surface area contributed by atoms with Gasteiger partial charge < -0.3 is 4.90 Å². The van der Waals surface area contributed by atoms with Crippen molar-refractivity contribution >= 4 is 11.8 Å². The fourth-order valence-corrected chi connectivity index (χ4v) is 2.22. The Bertz CT molecular complexity index is 106. The molecule has 1 nitrogen and oxygen atoms in total. The second-order valence-corrected chi connectivity index (χ2v) is 4.11. The predicted molar refractivity (Wildman–Crippen MR) is 53.2 cm³/mol. The second-order valence-electron chi connectivity index (χ2n) is 2.88. The Labute approximate surface area is 73.8 Å². The van der Waals surface area contributed by atoms with Gasteiger partial charge in [0.2, 0.25) is 0 Å². The third-order valence-corrected chi connectivity index (χ3v) is 3.01. The Hall–Kier alpha value is 0.0500. The molecule has 0 spiro atoms. The van der Waals surface area contributed by atoms with Gasteiger partial charge in [-0.3, -0.25) is 0 Å². The van der Waals surface area contributed by atoms with Crippen LogP contribution in [0.5, 0.6) is 0 Å². The van der Waals surface area contributed by atoms with Crippen LogP contribution < -0.4 is 0 Å². The third-order valence-electron chi connectivity index (χ3n) is 1.96. The highest BCUT2D eigenvalue weighted by atomic mass is 32.2. The van der Waals surface area contributed by atoms with Gasteiger partial charge in [0, 0.05) is 18.8 Å². The van der Waals surface area contributed by atoms with E-state index in [-0.39, 0.29) is 0 Å². The highest BCUT2D eigenvalue weighted by Gasteiger charge is 2.06. The van der Waals surface area contributed by atoms with Crippen LogP contribution in [0.1, 0.15) is 12.8 Å². The summed E-state index contributed by atoms with van der Waals surface area (Å²) in [6.07, 6.45) is 4.52. The molecule has 64 valence electrons. The van der Waals surface area contributed by atoms with Crippen molar-refractivity contribution in [2.45, 2.75) is 12.8 Å². The molecule has 0 aliphatic carbocycles. The van der Waals surface area contributed by atoms with Crippen molar-refractivity contribution in [3.63, 3.8) is 0 Å². The van der Waals surface area contributed by atoms with Crippen LogP contribution in [0.3, 0.4) is 0 Å². The van der Waals surface area contributed by atoms with Crippen LogP contribution in [0.25, 0.3) is 0 Å². The lowest BCUT2D eigenvalue weighted by Gasteiger charge is -2.17. The van der Waals surface area contributed by atoms with Crippen LogP contribution in [0, 0.1) is 0 Å². The molecule has 0 saturated carbocycles. The Kier molecular flexibility index (Phi) is 4.71. The minimum atomic E-state index is 1.14. The van der Waals surface area contributed by atoms with Crippen molar-refractivity contribution in [3.05, 3.63) is 12.7 Å². The highest BCUT2D eigenvalue weighted by molar-refractivity contribution is 7.99. The van der Waals surface area contributed by atoms with Gasteiger partial charge >= 0.3 is 0 Å². The number of hydrogen-bond donors (Lipinski definition) is 0. The maximum Gasteiger partial charge on any atom is 0.00725 e. The monoisotopic (exact) mass is 171 g/mol. The molecule has 1 rings (SSSR count). The lowest BCUT2D eigenvalue weighted by Crippen LogP contribution is -2.26. The molecule has 1 heterocycles. The van der Waals surface area contributed by atoms with E-state index < -0.39 is 0 Å². The minimum Gasteiger partial charge on any atom is -0.302 e. The summed E-state index contributed by atoms with van der Waals surface area (Å²) in [6.45, 7) is 7.52. The zero-order chi connectivity index (χ0) is 7.94. The van der Waals surface area contributed by atoms with E-state index in [0.29, 0.717) is 0 Å². The summed E-state index contributed by atoms with van der Waals surface area (Å²) in [4.78, 5) is 2.54. The van der Waals surface area contributed by atoms with E-state index in [1.165, 1.54) is 37.6 Å². The Morgan fingerprint density at radius 1 is 1.36 bits per heavy atom. The molecule has 2 heteroatoms. The first-order valence-electron chi connectivity index (χ1n) is 4.34. The summed E-state index contributed by atoms with van der Waals surface area (Å²) >= 11 is 2.09. The zero-order valence-electron chi connectivity index (χ0n) is 7.09. The predicted octanol–water partition coefficient (Wildman–Crippen LogP) is 2.00. The average molecular weight is 171 g/mol. The summed E-state index contributed by atoms with van der Waals surface area (Å²) < 4.78 is 0. The smallest absolute Gasteiger partial charge is 0.00725 e. The molecule has 0 N–H and O–H groups in total. The van der Waals surface area contributed by atoms with Crippen LogP contribution in [0.15, 0.2) is 12.7 Å². The van der Waals surface area contributed by atoms with E-state index in [2.05, 4.69) is 23.2 Å². The molecule has 0 unspecified atom stereocenters. The highest BCUT2D eigenvalue weighted by Crippen LogP contribution is 2.09.